The van der Waals surface area contributed by atoms with Crippen LogP contribution in [0.4, 0.5) is 0 Å². The van der Waals surface area contributed by atoms with Crippen LogP contribution in [0.1, 0.15) is 50.6 Å². The molecule has 1 aromatic carbocycles. The zero-order chi connectivity index (χ0) is 14.5. The van der Waals surface area contributed by atoms with Crippen LogP contribution in [-0.4, -0.2) is 19.8 Å². The lowest BCUT2D eigenvalue weighted by molar-refractivity contribution is 0.169. The second kappa shape index (κ2) is 6.99. The first kappa shape index (κ1) is 14.5. The van der Waals surface area contributed by atoms with E-state index in [1.165, 1.54) is 36.8 Å². The maximum absolute atomic E-state index is 5.91. The predicted octanol–water partition coefficient (Wildman–Crippen LogP) is 4.00. The third-order valence-electron chi connectivity index (χ3n) is 4.20. The Labute approximate surface area is 127 Å². The van der Waals surface area contributed by atoms with Gasteiger partial charge in [0.1, 0.15) is 13.2 Å². The van der Waals surface area contributed by atoms with Gasteiger partial charge in [-0.1, -0.05) is 30.7 Å². The van der Waals surface area contributed by atoms with Crippen molar-refractivity contribution in [3.05, 3.63) is 35.4 Å². The maximum Gasteiger partial charge on any atom is 0.166 e. The van der Waals surface area contributed by atoms with Crippen molar-refractivity contribution in [1.29, 1.82) is 0 Å². The normalized spacial score (nSPS) is 19.0. The highest BCUT2D eigenvalue weighted by Crippen LogP contribution is 2.40. The standard InChI is InChI=1S/C18H25NO2/c1-2-11-19-17(14-7-4-3-5-8-14)15-9-6-10-16-18(15)21-13-12-20-16/h6-7,9-10,17,19H,2-5,8,11-13H2,1H3. The van der Waals surface area contributed by atoms with E-state index in [9.17, 15) is 0 Å². The van der Waals surface area contributed by atoms with Crippen LogP contribution < -0.4 is 14.8 Å². The number of benzene rings is 1. The van der Waals surface area contributed by atoms with Gasteiger partial charge < -0.3 is 14.8 Å². The quantitative estimate of drug-likeness (QED) is 0.830. The summed E-state index contributed by atoms with van der Waals surface area (Å²) in [5, 5.41) is 3.70. The molecule has 0 saturated carbocycles. The molecule has 1 aliphatic heterocycles. The highest BCUT2D eigenvalue weighted by molar-refractivity contribution is 5.51. The van der Waals surface area contributed by atoms with Crippen molar-refractivity contribution in [1.82, 2.24) is 5.32 Å². The molecule has 2 aliphatic rings. The van der Waals surface area contributed by atoms with Gasteiger partial charge in [0.2, 0.25) is 0 Å². The van der Waals surface area contributed by atoms with E-state index in [0.717, 1.165) is 24.5 Å². The summed E-state index contributed by atoms with van der Waals surface area (Å²) in [6.45, 7) is 4.52. The van der Waals surface area contributed by atoms with Gasteiger partial charge in [-0.05, 0) is 44.7 Å². The number of para-hydroxylation sites is 1. The Balaban J connectivity index is 1.93. The molecule has 1 aromatic rings. The Kier molecular flexibility index (Phi) is 4.81. The van der Waals surface area contributed by atoms with Gasteiger partial charge in [0.25, 0.3) is 0 Å². The molecule has 1 aliphatic carbocycles. The molecule has 3 nitrogen and oxygen atoms in total. The van der Waals surface area contributed by atoms with E-state index >= 15 is 0 Å². The van der Waals surface area contributed by atoms with Crippen LogP contribution in [0.2, 0.25) is 0 Å². The fraction of sp³-hybridized carbons (Fsp3) is 0.556. The summed E-state index contributed by atoms with van der Waals surface area (Å²) in [4.78, 5) is 0. The van der Waals surface area contributed by atoms with Crippen molar-refractivity contribution >= 4 is 0 Å². The molecule has 0 bridgehead atoms. The number of allylic oxidation sites excluding steroid dienone is 1. The summed E-state index contributed by atoms with van der Waals surface area (Å²) < 4.78 is 11.6. The Bertz CT molecular complexity index is 510. The summed E-state index contributed by atoms with van der Waals surface area (Å²) in [6, 6.07) is 6.52. The van der Waals surface area contributed by atoms with Crippen molar-refractivity contribution in [3.63, 3.8) is 0 Å². The molecule has 0 spiro atoms. The van der Waals surface area contributed by atoms with Crippen LogP contribution in [0, 0.1) is 0 Å². The van der Waals surface area contributed by atoms with E-state index in [0.29, 0.717) is 13.2 Å². The summed E-state index contributed by atoms with van der Waals surface area (Å²) in [6.07, 6.45) is 8.55. The molecule has 0 radical (unpaired) electrons. The summed E-state index contributed by atoms with van der Waals surface area (Å²) in [7, 11) is 0. The molecule has 0 fully saturated rings. The third-order valence-corrected chi connectivity index (χ3v) is 4.20. The van der Waals surface area contributed by atoms with E-state index in [-0.39, 0.29) is 6.04 Å². The molecule has 0 aromatic heterocycles. The number of hydrogen-bond acceptors (Lipinski definition) is 3. The third kappa shape index (κ3) is 3.24. The topological polar surface area (TPSA) is 30.5 Å². The molecule has 0 amide bonds. The van der Waals surface area contributed by atoms with Gasteiger partial charge in [-0.2, -0.15) is 0 Å². The fourth-order valence-corrected chi connectivity index (χ4v) is 3.18. The first-order valence-corrected chi connectivity index (χ1v) is 8.21. The molecule has 1 atom stereocenters. The molecule has 21 heavy (non-hydrogen) atoms. The van der Waals surface area contributed by atoms with Gasteiger partial charge in [-0.25, -0.2) is 0 Å². The average Bonchev–Trinajstić information content (AvgIpc) is 2.56. The second-order valence-corrected chi connectivity index (χ2v) is 5.78. The monoisotopic (exact) mass is 287 g/mol. The zero-order valence-corrected chi connectivity index (χ0v) is 12.9. The number of hydrogen-bond donors (Lipinski definition) is 1. The van der Waals surface area contributed by atoms with Crippen molar-refractivity contribution in [2.45, 2.75) is 45.1 Å². The molecule has 114 valence electrons. The van der Waals surface area contributed by atoms with Crippen LogP contribution in [0.3, 0.4) is 0 Å². The van der Waals surface area contributed by atoms with Crippen molar-refractivity contribution < 1.29 is 9.47 Å². The predicted molar refractivity (Wildman–Crippen MR) is 85.0 cm³/mol. The Morgan fingerprint density at radius 3 is 2.90 bits per heavy atom. The van der Waals surface area contributed by atoms with E-state index < -0.39 is 0 Å². The Morgan fingerprint density at radius 1 is 1.19 bits per heavy atom. The molecule has 0 saturated heterocycles. The zero-order valence-electron chi connectivity index (χ0n) is 12.9. The molecule has 1 N–H and O–H groups in total. The largest absolute Gasteiger partial charge is 0.486 e. The van der Waals surface area contributed by atoms with E-state index in [1.54, 1.807) is 0 Å². The fourth-order valence-electron chi connectivity index (χ4n) is 3.18. The minimum absolute atomic E-state index is 0.266. The van der Waals surface area contributed by atoms with Crippen molar-refractivity contribution in [2.75, 3.05) is 19.8 Å². The molecule has 1 unspecified atom stereocenters. The summed E-state index contributed by atoms with van der Waals surface area (Å²) in [5.41, 5.74) is 2.74. The lowest BCUT2D eigenvalue weighted by Gasteiger charge is -2.29. The Morgan fingerprint density at radius 2 is 2.10 bits per heavy atom. The van der Waals surface area contributed by atoms with Crippen LogP contribution in [0.25, 0.3) is 0 Å². The number of nitrogens with one attached hydrogen (secondary N) is 1. The minimum atomic E-state index is 0.266. The van der Waals surface area contributed by atoms with Gasteiger partial charge in [0.15, 0.2) is 11.5 Å². The van der Waals surface area contributed by atoms with Gasteiger partial charge in [0.05, 0.1) is 6.04 Å². The van der Waals surface area contributed by atoms with Crippen molar-refractivity contribution in [2.24, 2.45) is 0 Å². The minimum Gasteiger partial charge on any atom is -0.486 e. The first-order chi connectivity index (χ1) is 10.4. The average molecular weight is 287 g/mol. The lowest BCUT2D eigenvalue weighted by Crippen LogP contribution is -2.26. The number of rotatable bonds is 5. The van der Waals surface area contributed by atoms with Crippen molar-refractivity contribution in [3.8, 4) is 11.5 Å². The number of fused-ring (bicyclic) bond motifs is 1. The smallest absolute Gasteiger partial charge is 0.166 e. The molecule has 3 rings (SSSR count). The van der Waals surface area contributed by atoms with Gasteiger partial charge in [-0.3, -0.25) is 0 Å². The highest BCUT2D eigenvalue weighted by atomic mass is 16.6. The summed E-state index contributed by atoms with van der Waals surface area (Å²) >= 11 is 0. The molecule has 3 heteroatoms. The highest BCUT2D eigenvalue weighted by Gasteiger charge is 2.24. The number of ether oxygens (including phenoxy) is 2. The van der Waals surface area contributed by atoms with Crippen LogP contribution in [0.5, 0.6) is 11.5 Å². The Hall–Kier alpha value is -1.48. The molecular weight excluding hydrogens is 262 g/mol. The van der Waals surface area contributed by atoms with E-state index in [2.05, 4.69) is 30.4 Å². The first-order valence-electron chi connectivity index (χ1n) is 8.21. The van der Waals surface area contributed by atoms with Gasteiger partial charge in [-0.15, -0.1) is 0 Å². The maximum atomic E-state index is 5.91. The molecular formula is C18H25NO2. The van der Waals surface area contributed by atoms with Gasteiger partial charge >= 0.3 is 0 Å². The second-order valence-electron chi connectivity index (χ2n) is 5.78. The SMILES string of the molecule is CCCNC(C1=CCCCC1)c1cccc2c1OCCO2. The van der Waals surface area contributed by atoms with E-state index in [1.807, 2.05) is 6.07 Å². The lowest BCUT2D eigenvalue weighted by atomic mass is 9.89. The van der Waals surface area contributed by atoms with E-state index in [4.69, 9.17) is 9.47 Å². The summed E-state index contributed by atoms with van der Waals surface area (Å²) in [5.74, 6) is 1.82. The van der Waals surface area contributed by atoms with Crippen LogP contribution in [-0.2, 0) is 0 Å². The van der Waals surface area contributed by atoms with Gasteiger partial charge in [0, 0.05) is 5.56 Å². The van der Waals surface area contributed by atoms with Crippen LogP contribution in [0.15, 0.2) is 29.8 Å². The van der Waals surface area contributed by atoms with Crippen LogP contribution >= 0.6 is 0 Å². The molecule has 1 heterocycles.